The predicted molar refractivity (Wildman–Crippen MR) is 97.9 cm³/mol. The highest BCUT2D eigenvalue weighted by atomic mass is 16.4. The lowest BCUT2D eigenvalue weighted by atomic mass is 10.1. The third-order valence-electron chi connectivity index (χ3n) is 5.26. The summed E-state index contributed by atoms with van der Waals surface area (Å²) in [4.78, 5) is 37.7. The molecule has 0 aromatic carbocycles. The van der Waals surface area contributed by atoms with Crippen molar-refractivity contribution in [2.24, 2.45) is 0 Å². The van der Waals surface area contributed by atoms with Crippen LogP contribution in [-0.2, 0) is 40.1 Å². The highest BCUT2D eigenvalue weighted by Gasteiger charge is 2.26. The van der Waals surface area contributed by atoms with Crippen LogP contribution in [0.4, 0.5) is 5.69 Å². The summed E-state index contributed by atoms with van der Waals surface area (Å²) in [5, 5.41) is 18.0. The Hall–Kier alpha value is -2.48. The number of hydrogen-bond acceptors (Lipinski definition) is 5. The van der Waals surface area contributed by atoms with Crippen LogP contribution < -0.4 is 5.32 Å². The van der Waals surface area contributed by atoms with E-state index in [2.05, 4.69) is 10.2 Å². The van der Waals surface area contributed by atoms with Gasteiger partial charge in [0.05, 0.1) is 12.2 Å². The number of carboxylic acids is 2. The predicted octanol–water partition coefficient (Wildman–Crippen LogP) is 1.25. The van der Waals surface area contributed by atoms with Crippen molar-refractivity contribution in [1.29, 1.82) is 0 Å². The van der Waals surface area contributed by atoms with E-state index in [4.69, 9.17) is 24.8 Å². The standard InChI is InChI=1S/C17H23N3O.C2H2O4/c21-16(11-20-9-1-2-10-20)19-17-12-5-3-7-14(12)18-15-8-4-6-13(15)17;3-1(4)2(5)6/h1-11H2,(H,18,19,21);(H,3,4)(H,5,6). The first-order valence-electron chi connectivity index (χ1n) is 9.47. The molecule has 27 heavy (non-hydrogen) atoms. The lowest BCUT2D eigenvalue weighted by Crippen LogP contribution is -2.31. The number of pyridine rings is 1. The number of nitrogens with zero attached hydrogens (tertiary/aromatic N) is 2. The second-order valence-corrected chi connectivity index (χ2v) is 7.19. The highest BCUT2D eigenvalue weighted by molar-refractivity contribution is 6.27. The Morgan fingerprint density at radius 1 is 0.852 bits per heavy atom. The molecule has 2 heterocycles. The van der Waals surface area contributed by atoms with Gasteiger partial charge in [-0.3, -0.25) is 14.7 Å². The van der Waals surface area contributed by atoms with Crippen LogP contribution in [0.25, 0.3) is 0 Å². The second-order valence-electron chi connectivity index (χ2n) is 7.19. The molecule has 1 amide bonds. The Kier molecular flexibility index (Phi) is 6.05. The van der Waals surface area contributed by atoms with E-state index in [0.29, 0.717) is 6.54 Å². The van der Waals surface area contributed by atoms with Crippen LogP contribution in [0.3, 0.4) is 0 Å². The third-order valence-corrected chi connectivity index (χ3v) is 5.26. The van der Waals surface area contributed by atoms with Gasteiger partial charge < -0.3 is 15.5 Å². The molecular weight excluding hydrogens is 350 g/mol. The molecule has 3 aliphatic rings. The molecule has 0 radical (unpaired) electrons. The zero-order valence-electron chi connectivity index (χ0n) is 15.3. The number of carboxylic acid groups (broad SMARTS) is 2. The van der Waals surface area contributed by atoms with Crippen LogP contribution in [0.2, 0.25) is 0 Å². The van der Waals surface area contributed by atoms with Crippen LogP contribution >= 0.6 is 0 Å². The van der Waals surface area contributed by atoms with E-state index in [1.165, 1.54) is 48.2 Å². The van der Waals surface area contributed by atoms with E-state index in [9.17, 15) is 4.79 Å². The minimum Gasteiger partial charge on any atom is -0.473 e. The quantitative estimate of drug-likeness (QED) is 0.680. The van der Waals surface area contributed by atoms with Crippen molar-refractivity contribution >= 4 is 23.5 Å². The number of carbonyl (C=O) groups is 3. The van der Waals surface area contributed by atoms with Crippen LogP contribution in [0.1, 0.15) is 48.2 Å². The van der Waals surface area contributed by atoms with E-state index < -0.39 is 11.9 Å². The number of nitrogens with one attached hydrogen (secondary N) is 1. The van der Waals surface area contributed by atoms with Gasteiger partial charge in [0.2, 0.25) is 5.91 Å². The van der Waals surface area contributed by atoms with E-state index in [0.717, 1.165) is 44.5 Å². The summed E-state index contributed by atoms with van der Waals surface area (Å²) in [7, 11) is 0. The summed E-state index contributed by atoms with van der Waals surface area (Å²) in [5.41, 5.74) is 6.27. The molecule has 0 unspecified atom stereocenters. The molecule has 0 spiro atoms. The van der Waals surface area contributed by atoms with Gasteiger partial charge in [0.15, 0.2) is 0 Å². The number of likely N-dealkylation sites (tertiary alicyclic amines) is 1. The maximum absolute atomic E-state index is 12.4. The summed E-state index contributed by atoms with van der Waals surface area (Å²) >= 11 is 0. The molecular formula is C19H25N3O5. The van der Waals surface area contributed by atoms with Gasteiger partial charge in [0, 0.05) is 11.4 Å². The van der Waals surface area contributed by atoms with Crippen LogP contribution in [0, 0.1) is 0 Å². The third kappa shape index (κ3) is 4.63. The normalized spacial score (nSPS) is 17.6. The Bertz CT molecular complexity index is 712. The number of hydrogen-bond donors (Lipinski definition) is 3. The van der Waals surface area contributed by atoms with Gasteiger partial charge in [-0.15, -0.1) is 0 Å². The van der Waals surface area contributed by atoms with Gasteiger partial charge in [0.1, 0.15) is 0 Å². The smallest absolute Gasteiger partial charge is 0.414 e. The first-order chi connectivity index (χ1) is 13.0. The largest absolute Gasteiger partial charge is 0.473 e. The Morgan fingerprint density at radius 3 is 1.85 bits per heavy atom. The van der Waals surface area contributed by atoms with Crippen molar-refractivity contribution in [3.8, 4) is 0 Å². The van der Waals surface area contributed by atoms with Gasteiger partial charge in [-0.05, 0) is 75.6 Å². The Balaban J connectivity index is 0.000000307. The number of aliphatic carboxylic acids is 2. The van der Waals surface area contributed by atoms with Crippen molar-refractivity contribution in [1.82, 2.24) is 9.88 Å². The molecule has 0 bridgehead atoms. The molecule has 1 saturated heterocycles. The number of fused-ring (bicyclic) bond motifs is 2. The minimum absolute atomic E-state index is 0.159. The monoisotopic (exact) mass is 375 g/mol. The molecule has 1 aromatic rings. The van der Waals surface area contributed by atoms with E-state index in [1.54, 1.807) is 0 Å². The van der Waals surface area contributed by atoms with E-state index >= 15 is 0 Å². The maximum Gasteiger partial charge on any atom is 0.414 e. The maximum atomic E-state index is 12.4. The van der Waals surface area contributed by atoms with Crippen molar-refractivity contribution in [2.75, 3.05) is 25.0 Å². The number of aromatic nitrogens is 1. The molecule has 0 atom stereocenters. The zero-order valence-corrected chi connectivity index (χ0v) is 15.3. The Morgan fingerprint density at radius 2 is 1.37 bits per heavy atom. The summed E-state index contributed by atoms with van der Waals surface area (Å²) < 4.78 is 0. The second kappa shape index (κ2) is 8.47. The van der Waals surface area contributed by atoms with Crippen LogP contribution in [-0.4, -0.2) is 57.6 Å². The van der Waals surface area contributed by atoms with Crippen molar-refractivity contribution in [3.63, 3.8) is 0 Å². The number of anilines is 1. The van der Waals surface area contributed by atoms with Crippen molar-refractivity contribution in [2.45, 2.75) is 51.4 Å². The molecule has 1 fully saturated rings. The van der Waals surface area contributed by atoms with Crippen LogP contribution in [0.15, 0.2) is 0 Å². The summed E-state index contributed by atoms with van der Waals surface area (Å²) in [5.74, 6) is -3.49. The summed E-state index contributed by atoms with van der Waals surface area (Å²) in [6, 6.07) is 0. The molecule has 8 nitrogen and oxygen atoms in total. The molecule has 1 aromatic heterocycles. The average Bonchev–Trinajstić information content (AvgIpc) is 3.35. The van der Waals surface area contributed by atoms with Gasteiger partial charge >= 0.3 is 11.9 Å². The first kappa shape index (κ1) is 19.3. The van der Waals surface area contributed by atoms with E-state index in [-0.39, 0.29) is 5.91 Å². The SMILES string of the molecule is O=C(CN1CCCC1)Nc1c2c(nc3c1CCC3)CCC2.O=C(O)C(=O)O. The molecule has 1 aliphatic heterocycles. The van der Waals surface area contributed by atoms with E-state index in [1.807, 2.05) is 0 Å². The van der Waals surface area contributed by atoms with Crippen molar-refractivity contribution < 1.29 is 24.6 Å². The first-order valence-corrected chi connectivity index (χ1v) is 9.47. The number of amides is 1. The van der Waals surface area contributed by atoms with Gasteiger partial charge in [-0.2, -0.15) is 0 Å². The fourth-order valence-corrected chi connectivity index (χ4v) is 4.06. The molecule has 0 saturated carbocycles. The lowest BCUT2D eigenvalue weighted by molar-refractivity contribution is -0.159. The molecule has 2 aliphatic carbocycles. The number of rotatable bonds is 3. The fourth-order valence-electron chi connectivity index (χ4n) is 4.06. The Labute approximate surface area is 157 Å². The number of aryl methyl sites for hydroxylation is 2. The van der Waals surface area contributed by atoms with Crippen LogP contribution in [0.5, 0.6) is 0 Å². The topological polar surface area (TPSA) is 120 Å². The fraction of sp³-hybridized carbons (Fsp3) is 0.579. The van der Waals surface area contributed by atoms with Crippen molar-refractivity contribution in [3.05, 3.63) is 22.5 Å². The minimum atomic E-state index is -1.82. The molecule has 3 N–H and O–H groups in total. The van der Waals surface area contributed by atoms with Gasteiger partial charge in [0.25, 0.3) is 0 Å². The van der Waals surface area contributed by atoms with Gasteiger partial charge in [-0.25, -0.2) is 9.59 Å². The molecule has 146 valence electrons. The average molecular weight is 375 g/mol. The molecule has 8 heteroatoms. The lowest BCUT2D eigenvalue weighted by Gasteiger charge is -2.18. The summed E-state index contributed by atoms with van der Waals surface area (Å²) in [6.07, 6.45) is 9.14. The number of carbonyl (C=O) groups excluding carboxylic acids is 1. The highest BCUT2D eigenvalue weighted by Crippen LogP contribution is 2.36. The molecule has 4 rings (SSSR count). The zero-order chi connectivity index (χ0) is 19.4. The summed E-state index contributed by atoms with van der Waals surface area (Å²) in [6.45, 7) is 2.69. The van der Waals surface area contributed by atoms with Gasteiger partial charge in [-0.1, -0.05) is 0 Å².